The van der Waals surface area contributed by atoms with Gasteiger partial charge in [-0.3, -0.25) is 9.10 Å². The first kappa shape index (κ1) is 22.1. The maximum Gasteiger partial charge on any atom is 0.264 e. The molecule has 33 heavy (non-hydrogen) atoms. The zero-order valence-corrected chi connectivity index (χ0v) is 18.5. The second kappa shape index (κ2) is 8.79. The van der Waals surface area contributed by atoms with Crippen molar-refractivity contribution < 1.29 is 17.6 Å². The molecular formula is C22H19FN6O3S. The van der Waals surface area contributed by atoms with E-state index >= 15 is 0 Å². The highest BCUT2D eigenvalue weighted by Crippen LogP contribution is 2.23. The number of halogens is 1. The van der Waals surface area contributed by atoms with Crippen LogP contribution in [0.1, 0.15) is 16.2 Å². The Labute approximate surface area is 189 Å². The Kier molecular flexibility index (Phi) is 5.88. The molecule has 0 unspecified atom stereocenters. The summed E-state index contributed by atoms with van der Waals surface area (Å²) >= 11 is 0. The Morgan fingerprint density at radius 2 is 1.79 bits per heavy atom. The van der Waals surface area contributed by atoms with E-state index in [2.05, 4.69) is 20.8 Å². The van der Waals surface area contributed by atoms with E-state index in [1.807, 2.05) is 0 Å². The van der Waals surface area contributed by atoms with Crippen LogP contribution in [0, 0.1) is 12.7 Å². The molecule has 0 saturated heterocycles. The fourth-order valence-corrected chi connectivity index (χ4v) is 4.38. The molecule has 0 radical (unpaired) electrons. The first-order chi connectivity index (χ1) is 15.8. The van der Waals surface area contributed by atoms with Crippen LogP contribution in [0.3, 0.4) is 0 Å². The molecule has 0 aliphatic rings. The molecule has 11 heteroatoms. The van der Waals surface area contributed by atoms with Gasteiger partial charge in [0.15, 0.2) is 5.82 Å². The summed E-state index contributed by atoms with van der Waals surface area (Å²) < 4.78 is 42.7. The third-order valence-electron chi connectivity index (χ3n) is 4.93. The molecule has 1 aromatic heterocycles. The predicted molar refractivity (Wildman–Crippen MR) is 120 cm³/mol. The lowest BCUT2D eigenvalue weighted by Gasteiger charge is -2.19. The van der Waals surface area contributed by atoms with Gasteiger partial charge in [-0.15, -0.1) is 5.10 Å². The number of aryl methyl sites for hydroxylation is 1. The van der Waals surface area contributed by atoms with E-state index < -0.39 is 21.7 Å². The van der Waals surface area contributed by atoms with Gasteiger partial charge < -0.3 is 5.32 Å². The van der Waals surface area contributed by atoms with Gasteiger partial charge in [-0.05, 0) is 65.9 Å². The quantitative estimate of drug-likeness (QED) is 0.467. The van der Waals surface area contributed by atoms with Gasteiger partial charge >= 0.3 is 0 Å². The van der Waals surface area contributed by atoms with Crippen molar-refractivity contribution in [2.75, 3.05) is 16.7 Å². The normalized spacial score (nSPS) is 11.2. The van der Waals surface area contributed by atoms with Gasteiger partial charge in [0.05, 0.1) is 10.6 Å². The number of sulfonamides is 1. The Hall–Kier alpha value is -4.12. The summed E-state index contributed by atoms with van der Waals surface area (Å²) in [5.41, 5.74) is 0.975. The highest BCUT2D eigenvalue weighted by atomic mass is 32.2. The molecule has 168 valence electrons. The summed E-state index contributed by atoms with van der Waals surface area (Å²) in [7, 11) is -2.45. The van der Waals surface area contributed by atoms with Crippen LogP contribution < -0.4 is 9.62 Å². The van der Waals surface area contributed by atoms with E-state index in [4.69, 9.17) is 0 Å². The zero-order valence-electron chi connectivity index (χ0n) is 17.7. The Bertz CT molecular complexity index is 1420. The fourth-order valence-electron chi connectivity index (χ4n) is 3.14. The van der Waals surface area contributed by atoms with E-state index in [9.17, 15) is 17.6 Å². The highest BCUT2D eigenvalue weighted by Gasteiger charge is 2.22. The minimum Gasteiger partial charge on any atom is -0.322 e. The third-order valence-corrected chi connectivity index (χ3v) is 6.71. The third kappa shape index (κ3) is 4.44. The van der Waals surface area contributed by atoms with Gasteiger partial charge in [0, 0.05) is 18.3 Å². The lowest BCUT2D eigenvalue weighted by molar-refractivity contribution is 0.102. The number of hydrogen-bond acceptors (Lipinski definition) is 6. The molecular weight excluding hydrogens is 447 g/mol. The van der Waals surface area contributed by atoms with E-state index in [0.717, 1.165) is 4.31 Å². The monoisotopic (exact) mass is 466 g/mol. The summed E-state index contributed by atoms with van der Waals surface area (Å²) in [6.45, 7) is 1.61. The molecule has 0 saturated carbocycles. The van der Waals surface area contributed by atoms with Crippen molar-refractivity contribution in [3.05, 3.63) is 90.0 Å². The SMILES string of the molecule is Cc1nnnn1-c1cc(NC(=O)c2cccc(S(=O)(=O)N(C)c3ccccc3)c2)ccc1F. The van der Waals surface area contributed by atoms with Crippen LogP contribution in [0.5, 0.6) is 0 Å². The maximum absolute atomic E-state index is 14.3. The van der Waals surface area contributed by atoms with Crippen LogP contribution in [-0.4, -0.2) is 41.6 Å². The minimum absolute atomic E-state index is 0.0365. The van der Waals surface area contributed by atoms with E-state index in [0.29, 0.717) is 17.2 Å². The molecule has 9 nitrogen and oxygen atoms in total. The molecule has 3 aromatic carbocycles. The molecule has 1 N–H and O–H groups in total. The zero-order chi connectivity index (χ0) is 23.6. The highest BCUT2D eigenvalue weighted by molar-refractivity contribution is 7.92. The van der Waals surface area contributed by atoms with Gasteiger partial charge in [0.25, 0.3) is 15.9 Å². The summed E-state index contributed by atoms with van der Waals surface area (Å²) in [4.78, 5) is 12.8. The van der Waals surface area contributed by atoms with E-state index in [1.54, 1.807) is 37.3 Å². The summed E-state index contributed by atoms with van der Waals surface area (Å²) in [5, 5.41) is 13.6. The summed E-state index contributed by atoms with van der Waals surface area (Å²) in [6.07, 6.45) is 0. The Morgan fingerprint density at radius 3 is 2.48 bits per heavy atom. The van der Waals surface area contributed by atoms with Crippen LogP contribution in [-0.2, 0) is 10.0 Å². The van der Waals surface area contributed by atoms with Crippen LogP contribution in [0.4, 0.5) is 15.8 Å². The van der Waals surface area contributed by atoms with E-state index in [-0.39, 0.29) is 16.1 Å². The number of amides is 1. The lowest BCUT2D eigenvalue weighted by Crippen LogP contribution is -2.26. The van der Waals surface area contributed by atoms with Gasteiger partial charge in [0.1, 0.15) is 11.5 Å². The van der Waals surface area contributed by atoms with Crippen molar-refractivity contribution >= 4 is 27.3 Å². The number of benzene rings is 3. The molecule has 0 fully saturated rings. The second-order valence-corrected chi connectivity index (χ2v) is 9.06. The number of nitrogens with one attached hydrogen (secondary N) is 1. The number of tetrazole rings is 1. The Balaban J connectivity index is 1.60. The standard InChI is InChI=1S/C22H19FN6O3S/c1-15-25-26-27-29(15)21-14-17(11-12-20(21)23)24-22(30)16-7-6-10-19(13-16)33(31,32)28(2)18-8-4-3-5-9-18/h3-14H,1-2H3,(H,24,30). The van der Waals surface area contributed by atoms with Crippen molar-refractivity contribution in [1.29, 1.82) is 0 Å². The molecule has 0 aliphatic carbocycles. The number of nitrogens with zero attached hydrogens (tertiary/aromatic N) is 5. The van der Waals surface area contributed by atoms with Crippen molar-refractivity contribution in [1.82, 2.24) is 20.2 Å². The van der Waals surface area contributed by atoms with Gasteiger partial charge in [-0.2, -0.15) is 4.68 Å². The lowest BCUT2D eigenvalue weighted by atomic mass is 10.2. The average molecular weight is 466 g/mol. The molecule has 0 bridgehead atoms. The molecule has 4 rings (SSSR count). The number of carbonyl (C=O) groups excluding carboxylic acids is 1. The molecule has 4 aromatic rings. The number of carbonyl (C=O) groups is 1. The molecule has 0 atom stereocenters. The van der Waals surface area contributed by atoms with Gasteiger partial charge in [0.2, 0.25) is 0 Å². The Morgan fingerprint density at radius 1 is 1.03 bits per heavy atom. The number of hydrogen-bond donors (Lipinski definition) is 1. The van der Waals surface area contributed by atoms with Gasteiger partial charge in [-0.25, -0.2) is 12.8 Å². The second-order valence-electron chi connectivity index (χ2n) is 7.09. The van der Waals surface area contributed by atoms with Crippen molar-refractivity contribution in [3.63, 3.8) is 0 Å². The average Bonchev–Trinajstić information content (AvgIpc) is 3.26. The smallest absolute Gasteiger partial charge is 0.264 e. The van der Waals surface area contributed by atoms with Crippen LogP contribution in [0.15, 0.2) is 77.7 Å². The molecule has 1 heterocycles. The number of anilines is 2. The number of rotatable bonds is 6. The first-order valence-corrected chi connectivity index (χ1v) is 11.2. The van der Waals surface area contributed by atoms with Gasteiger partial charge in [-0.1, -0.05) is 24.3 Å². The number of aromatic nitrogens is 4. The molecule has 0 spiro atoms. The van der Waals surface area contributed by atoms with Crippen molar-refractivity contribution in [3.8, 4) is 5.69 Å². The summed E-state index contributed by atoms with van der Waals surface area (Å²) in [5.74, 6) is -0.751. The molecule has 1 amide bonds. The largest absolute Gasteiger partial charge is 0.322 e. The number of para-hydroxylation sites is 1. The predicted octanol–water partition coefficient (Wildman–Crippen LogP) is 3.19. The maximum atomic E-state index is 14.3. The van der Waals surface area contributed by atoms with Crippen molar-refractivity contribution in [2.45, 2.75) is 11.8 Å². The summed E-state index contributed by atoms with van der Waals surface area (Å²) in [6, 6.07) is 18.3. The first-order valence-electron chi connectivity index (χ1n) is 9.77. The fraction of sp³-hybridized carbons (Fsp3) is 0.0909. The minimum atomic E-state index is -3.89. The van der Waals surface area contributed by atoms with Crippen LogP contribution in [0.2, 0.25) is 0 Å². The van der Waals surface area contributed by atoms with E-state index in [1.165, 1.54) is 54.2 Å². The van der Waals surface area contributed by atoms with Crippen molar-refractivity contribution in [2.24, 2.45) is 0 Å². The molecule has 0 aliphatic heterocycles. The van der Waals surface area contributed by atoms with Crippen LogP contribution in [0.25, 0.3) is 5.69 Å². The van der Waals surface area contributed by atoms with Crippen LogP contribution >= 0.6 is 0 Å². The topological polar surface area (TPSA) is 110 Å².